The van der Waals surface area contributed by atoms with Crippen LogP contribution in [0.15, 0.2) is 42.5 Å². The maximum atomic E-state index is 12.4. The van der Waals surface area contributed by atoms with Crippen LogP contribution in [0.5, 0.6) is 0 Å². The molecular formula is C18H20N2O2S. The second-order valence-corrected chi connectivity index (χ2v) is 7.12. The van der Waals surface area contributed by atoms with Crippen molar-refractivity contribution < 1.29 is 9.59 Å². The minimum atomic E-state index is -0.0238. The highest BCUT2D eigenvalue weighted by Gasteiger charge is 2.28. The van der Waals surface area contributed by atoms with E-state index < -0.39 is 0 Å². The zero-order valence-electron chi connectivity index (χ0n) is 13.1. The zero-order valence-corrected chi connectivity index (χ0v) is 13.9. The molecule has 1 saturated heterocycles. The average molecular weight is 328 g/mol. The van der Waals surface area contributed by atoms with Gasteiger partial charge in [0.25, 0.3) is 5.91 Å². The first-order chi connectivity index (χ1) is 11.1. The normalized spacial score (nSPS) is 15.4. The summed E-state index contributed by atoms with van der Waals surface area (Å²) in [6.45, 7) is 3.28. The van der Waals surface area contributed by atoms with Gasteiger partial charge < -0.3 is 10.2 Å². The molecule has 0 unspecified atom stereocenters. The van der Waals surface area contributed by atoms with Crippen LogP contribution in [-0.2, 0) is 4.79 Å². The summed E-state index contributed by atoms with van der Waals surface area (Å²) < 4.78 is 0. The molecule has 1 aromatic carbocycles. The fraction of sp³-hybridized carbons (Fsp3) is 0.333. The molecular weight excluding hydrogens is 308 g/mol. The van der Waals surface area contributed by atoms with Crippen molar-refractivity contribution >= 4 is 28.8 Å². The van der Waals surface area contributed by atoms with Crippen molar-refractivity contribution in [3.05, 3.63) is 52.2 Å². The van der Waals surface area contributed by atoms with Gasteiger partial charge in [-0.2, -0.15) is 0 Å². The van der Waals surface area contributed by atoms with Gasteiger partial charge >= 0.3 is 0 Å². The molecule has 4 nitrogen and oxygen atoms in total. The summed E-state index contributed by atoms with van der Waals surface area (Å²) in [4.78, 5) is 28.5. The van der Waals surface area contributed by atoms with E-state index in [1.807, 2.05) is 54.3 Å². The second-order valence-electron chi connectivity index (χ2n) is 5.83. The van der Waals surface area contributed by atoms with E-state index in [1.54, 1.807) is 0 Å². The molecule has 0 spiro atoms. The van der Waals surface area contributed by atoms with Gasteiger partial charge in [0.2, 0.25) is 5.91 Å². The molecule has 1 aromatic heterocycles. The predicted octanol–water partition coefficient (Wildman–Crippen LogP) is 3.55. The number of benzene rings is 1. The van der Waals surface area contributed by atoms with Gasteiger partial charge in [0.15, 0.2) is 0 Å². The topological polar surface area (TPSA) is 49.4 Å². The van der Waals surface area contributed by atoms with E-state index in [0.29, 0.717) is 13.1 Å². The summed E-state index contributed by atoms with van der Waals surface area (Å²) >= 11 is 1.53. The number of thiophene rings is 1. The van der Waals surface area contributed by atoms with Crippen molar-refractivity contribution in [1.29, 1.82) is 0 Å². The third kappa shape index (κ3) is 3.79. The van der Waals surface area contributed by atoms with Gasteiger partial charge in [-0.1, -0.05) is 18.2 Å². The molecule has 2 aromatic rings. The van der Waals surface area contributed by atoms with Crippen LogP contribution in [-0.4, -0.2) is 29.8 Å². The Balaban J connectivity index is 1.54. The van der Waals surface area contributed by atoms with Gasteiger partial charge in [0, 0.05) is 29.6 Å². The summed E-state index contributed by atoms with van der Waals surface area (Å²) in [5, 5.41) is 2.95. The lowest BCUT2D eigenvalue weighted by Crippen LogP contribution is -2.41. The van der Waals surface area contributed by atoms with Gasteiger partial charge in [0.05, 0.1) is 4.88 Å². The van der Waals surface area contributed by atoms with Crippen LogP contribution in [0, 0.1) is 12.8 Å². The summed E-state index contributed by atoms with van der Waals surface area (Å²) in [6, 6.07) is 13.4. The number of nitrogens with zero attached hydrogens (tertiary/aromatic N) is 1. The zero-order chi connectivity index (χ0) is 16.2. The summed E-state index contributed by atoms with van der Waals surface area (Å²) in [7, 11) is 0. The molecule has 0 atom stereocenters. The molecule has 23 heavy (non-hydrogen) atoms. The first-order valence-corrected chi connectivity index (χ1v) is 8.67. The average Bonchev–Trinajstić information content (AvgIpc) is 3.02. The van der Waals surface area contributed by atoms with Crippen molar-refractivity contribution in [3.63, 3.8) is 0 Å². The smallest absolute Gasteiger partial charge is 0.263 e. The number of carbonyl (C=O) groups excluding carboxylic acids is 2. The van der Waals surface area contributed by atoms with Gasteiger partial charge in [-0.3, -0.25) is 9.59 Å². The maximum Gasteiger partial charge on any atom is 0.263 e. The Bertz CT molecular complexity index is 688. The minimum Gasteiger partial charge on any atom is -0.338 e. The van der Waals surface area contributed by atoms with Crippen LogP contribution >= 0.6 is 11.3 Å². The predicted molar refractivity (Wildman–Crippen MR) is 92.8 cm³/mol. The number of carbonyl (C=O) groups is 2. The number of piperidine rings is 1. The van der Waals surface area contributed by atoms with E-state index in [1.165, 1.54) is 11.3 Å². The standard InChI is InChI=1S/C18H20N2O2S/c1-13-7-8-16(23-13)18(22)20-11-9-14(10-12-20)17(21)19-15-5-3-2-4-6-15/h2-8,14H,9-12H2,1H3,(H,19,21). The Labute approximate surface area is 140 Å². The molecule has 1 fully saturated rings. The second kappa shape index (κ2) is 6.96. The molecule has 2 amide bonds. The molecule has 0 saturated carbocycles. The third-order valence-electron chi connectivity index (χ3n) is 4.15. The van der Waals surface area contributed by atoms with E-state index in [9.17, 15) is 9.59 Å². The SMILES string of the molecule is Cc1ccc(C(=O)N2CCC(C(=O)Nc3ccccc3)CC2)s1. The number of nitrogens with one attached hydrogen (secondary N) is 1. The van der Waals surface area contributed by atoms with Gasteiger partial charge in [-0.15, -0.1) is 11.3 Å². The lowest BCUT2D eigenvalue weighted by Gasteiger charge is -2.31. The Kier molecular flexibility index (Phi) is 4.76. The van der Waals surface area contributed by atoms with E-state index in [-0.39, 0.29) is 17.7 Å². The van der Waals surface area contributed by atoms with Gasteiger partial charge in [-0.25, -0.2) is 0 Å². The number of hydrogen-bond donors (Lipinski definition) is 1. The fourth-order valence-corrected chi connectivity index (χ4v) is 3.65. The summed E-state index contributed by atoms with van der Waals surface area (Å²) in [5.41, 5.74) is 0.824. The largest absolute Gasteiger partial charge is 0.338 e. The number of likely N-dealkylation sites (tertiary alicyclic amines) is 1. The summed E-state index contributed by atoms with van der Waals surface area (Å²) in [6.07, 6.45) is 1.43. The molecule has 1 aliphatic rings. The van der Waals surface area contributed by atoms with Crippen LogP contribution in [0.25, 0.3) is 0 Å². The first kappa shape index (κ1) is 15.7. The van der Waals surface area contributed by atoms with Crippen LogP contribution in [0.4, 0.5) is 5.69 Å². The maximum absolute atomic E-state index is 12.4. The van der Waals surface area contributed by atoms with Crippen molar-refractivity contribution in [3.8, 4) is 0 Å². The molecule has 0 radical (unpaired) electrons. The lowest BCUT2D eigenvalue weighted by atomic mass is 9.95. The highest BCUT2D eigenvalue weighted by Crippen LogP contribution is 2.23. The highest BCUT2D eigenvalue weighted by atomic mass is 32.1. The lowest BCUT2D eigenvalue weighted by molar-refractivity contribution is -0.121. The van der Waals surface area contributed by atoms with Crippen molar-refractivity contribution in [2.75, 3.05) is 18.4 Å². The monoisotopic (exact) mass is 328 g/mol. The number of aryl methyl sites for hydroxylation is 1. The van der Waals surface area contributed by atoms with E-state index in [0.717, 1.165) is 28.3 Å². The number of hydrogen-bond acceptors (Lipinski definition) is 3. The number of amides is 2. The number of para-hydroxylation sites is 1. The molecule has 0 bridgehead atoms. The van der Waals surface area contributed by atoms with E-state index in [4.69, 9.17) is 0 Å². The summed E-state index contributed by atoms with van der Waals surface area (Å²) in [5.74, 6) is 0.115. The van der Waals surface area contributed by atoms with E-state index in [2.05, 4.69) is 5.32 Å². The number of rotatable bonds is 3. The Morgan fingerprint density at radius 3 is 2.39 bits per heavy atom. The molecule has 5 heteroatoms. The van der Waals surface area contributed by atoms with Gasteiger partial charge in [-0.05, 0) is 44.0 Å². The molecule has 120 valence electrons. The number of anilines is 1. The Morgan fingerprint density at radius 2 is 1.78 bits per heavy atom. The van der Waals surface area contributed by atoms with Crippen LogP contribution < -0.4 is 5.32 Å². The molecule has 0 aliphatic carbocycles. The van der Waals surface area contributed by atoms with Gasteiger partial charge in [0.1, 0.15) is 0 Å². The molecule has 1 aliphatic heterocycles. The van der Waals surface area contributed by atoms with E-state index >= 15 is 0 Å². The quantitative estimate of drug-likeness (QED) is 0.937. The minimum absolute atomic E-state index is 0.0238. The fourth-order valence-electron chi connectivity index (χ4n) is 2.82. The van der Waals surface area contributed by atoms with Crippen LogP contribution in [0.1, 0.15) is 27.4 Å². The van der Waals surface area contributed by atoms with Crippen molar-refractivity contribution in [1.82, 2.24) is 4.90 Å². The molecule has 3 rings (SSSR count). The van der Waals surface area contributed by atoms with Crippen molar-refractivity contribution in [2.24, 2.45) is 5.92 Å². The van der Waals surface area contributed by atoms with Crippen molar-refractivity contribution in [2.45, 2.75) is 19.8 Å². The molecule has 1 N–H and O–H groups in total. The molecule has 2 heterocycles. The first-order valence-electron chi connectivity index (χ1n) is 7.85. The Morgan fingerprint density at radius 1 is 1.09 bits per heavy atom. The van der Waals surface area contributed by atoms with Crippen LogP contribution in [0.2, 0.25) is 0 Å². The third-order valence-corrected chi connectivity index (χ3v) is 5.13. The highest BCUT2D eigenvalue weighted by molar-refractivity contribution is 7.13. The van der Waals surface area contributed by atoms with Crippen LogP contribution in [0.3, 0.4) is 0 Å². The Hall–Kier alpha value is -2.14.